The van der Waals surface area contributed by atoms with Gasteiger partial charge in [-0.25, -0.2) is 13.1 Å². The first kappa shape index (κ1) is 15.6. The lowest BCUT2D eigenvalue weighted by atomic mass is 10.3. The van der Waals surface area contributed by atoms with Crippen LogP contribution >= 0.6 is 11.3 Å². The highest BCUT2D eigenvalue weighted by Gasteiger charge is 2.21. The molecule has 0 saturated heterocycles. The average Bonchev–Trinajstić information content (AvgIpc) is 2.67. The van der Waals surface area contributed by atoms with Crippen molar-refractivity contribution >= 4 is 21.4 Å². The van der Waals surface area contributed by atoms with Gasteiger partial charge in [-0.3, -0.25) is 0 Å². The molecule has 0 bridgehead atoms. The van der Waals surface area contributed by atoms with Crippen molar-refractivity contribution in [1.82, 2.24) is 10.0 Å². The number of nitrogens with one attached hydrogen (secondary N) is 2. The zero-order valence-corrected chi connectivity index (χ0v) is 12.9. The van der Waals surface area contributed by atoms with Crippen molar-refractivity contribution in [1.29, 1.82) is 0 Å². The molecule has 104 valence electrons. The van der Waals surface area contributed by atoms with Gasteiger partial charge in [0.1, 0.15) is 4.90 Å². The van der Waals surface area contributed by atoms with E-state index in [4.69, 9.17) is 0 Å². The van der Waals surface area contributed by atoms with Crippen molar-refractivity contribution in [3.05, 3.63) is 15.8 Å². The zero-order valence-electron chi connectivity index (χ0n) is 11.2. The molecule has 0 atom stereocenters. The maximum absolute atomic E-state index is 12.2. The lowest BCUT2D eigenvalue weighted by Crippen LogP contribution is -2.26. The average molecular weight is 290 g/mol. The predicted molar refractivity (Wildman–Crippen MR) is 76.5 cm³/mol. The molecule has 6 heteroatoms. The van der Waals surface area contributed by atoms with Crippen molar-refractivity contribution in [3.63, 3.8) is 0 Å². The second-order valence-corrected chi connectivity index (χ2v) is 6.97. The van der Waals surface area contributed by atoms with Gasteiger partial charge in [0.25, 0.3) is 0 Å². The summed E-state index contributed by atoms with van der Waals surface area (Å²) in [6.45, 7) is 5.05. The van der Waals surface area contributed by atoms with Crippen molar-refractivity contribution < 1.29 is 8.42 Å². The van der Waals surface area contributed by atoms with Crippen molar-refractivity contribution in [2.45, 2.75) is 44.6 Å². The van der Waals surface area contributed by atoms with Crippen molar-refractivity contribution in [2.75, 3.05) is 13.6 Å². The number of thiophene rings is 1. The first-order valence-electron chi connectivity index (χ1n) is 6.24. The molecule has 0 spiro atoms. The quantitative estimate of drug-likeness (QED) is 0.722. The molecule has 1 aromatic heterocycles. The van der Waals surface area contributed by atoms with Gasteiger partial charge in [0, 0.05) is 18.0 Å². The Labute approximate surface area is 114 Å². The summed E-state index contributed by atoms with van der Waals surface area (Å²) >= 11 is 1.49. The number of unbranched alkanes of at least 4 members (excludes halogenated alkanes) is 2. The van der Waals surface area contributed by atoms with Gasteiger partial charge in [0.15, 0.2) is 0 Å². The number of aryl methyl sites for hydroxylation is 1. The molecule has 0 aromatic carbocycles. The van der Waals surface area contributed by atoms with E-state index < -0.39 is 10.0 Å². The lowest BCUT2D eigenvalue weighted by Gasteiger charge is -2.08. The smallest absolute Gasteiger partial charge is 0.241 e. The molecule has 0 aliphatic carbocycles. The first-order chi connectivity index (χ1) is 8.53. The van der Waals surface area contributed by atoms with Gasteiger partial charge in [0.2, 0.25) is 10.0 Å². The summed E-state index contributed by atoms with van der Waals surface area (Å²) in [4.78, 5) is 1.33. The second-order valence-electron chi connectivity index (χ2n) is 4.31. The maximum Gasteiger partial charge on any atom is 0.241 e. The molecule has 18 heavy (non-hydrogen) atoms. The Bertz CT molecular complexity index is 466. The third-order valence-electron chi connectivity index (χ3n) is 2.67. The van der Waals surface area contributed by atoms with Crippen LogP contribution in [0.5, 0.6) is 0 Å². The minimum atomic E-state index is -3.36. The van der Waals surface area contributed by atoms with E-state index in [9.17, 15) is 8.42 Å². The Morgan fingerprint density at radius 3 is 2.67 bits per heavy atom. The summed E-state index contributed by atoms with van der Waals surface area (Å²) in [6.07, 6.45) is 3.03. The Morgan fingerprint density at radius 1 is 1.33 bits per heavy atom. The second kappa shape index (κ2) is 7.23. The number of hydrogen-bond acceptors (Lipinski definition) is 4. The predicted octanol–water partition coefficient (Wildman–Crippen LogP) is 2.24. The molecule has 2 N–H and O–H groups in total. The van der Waals surface area contributed by atoms with Crippen LogP contribution in [0, 0.1) is 6.92 Å². The van der Waals surface area contributed by atoms with Crippen LogP contribution in [0.1, 0.15) is 36.6 Å². The van der Waals surface area contributed by atoms with Gasteiger partial charge in [-0.2, -0.15) is 0 Å². The molecule has 0 unspecified atom stereocenters. The van der Waals surface area contributed by atoms with E-state index in [1.165, 1.54) is 11.3 Å². The zero-order chi connectivity index (χ0) is 13.6. The fourth-order valence-corrected chi connectivity index (χ4v) is 4.68. The Balaban J connectivity index is 2.80. The minimum absolute atomic E-state index is 0.457. The summed E-state index contributed by atoms with van der Waals surface area (Å²) in [5.74, 6) is 0. The van der Waals surface area contributed by atoms with Crippen LogP contribution in [0.15, 0.2) is 10.3 Å². The van der Waals surface area contributed by atoms with Crippen LogP contribution in [0.4, 0.5) is 0 Å². The molecule has 0 aliphatic rings. The van der Waals surface area contributed by atoms with Crippen LogP contribution in [0.2, 0.25) is 0 Å². The molecule has 0 fully saturated rings. The van der Waals surface area contributed by atoms with Gasteiger partial charge in [-0.1, -0.05) is 19.8 Å². The van der Waals surface area contributed by atoms with E-state index in [-0.39, 0.29) is 0 Å². The molecular formula is C12H22N2O2S2. The van der Waals surface area contributed by atoms with Crippen LogP contribution in [0.25, 0.3) is 0 Å². The van der Waals surface area contributed by atoms with E-state index in [0.717, 1.165) is 29.7 Å². The number of hydrogen-bond donors (Lipinski definition) is 2. The summed E-state index contributed by atoms with van der Waals surface area (Å²) in [7, 11) is -1.54. The highest BCUT2D eigenvalue weighted by Crippen LogP contribution is 2.26. The summed E-state index contributed by atoms with van der Waals surface area (Å²) in [6, 6.07) is 0. The summed E-state index contributed by atoms with van der Waals surface area (Å²) in [5.41, 5.74) is 0.827. The van der Waals surface area contributed by atoms with Crippen LogP contribution in [-0.4, -0.2) is 22.0 Å². The van der Waals surface area contributed by atoms with Crippen LogP contribution in [-0.2, 0) is 16.6 Å². The van der Waals surface area contributed by atoms with Gasteiger partial charge in [-0.05, 0) is 31.3 Å². The molecule has 0 radical (unpaired) electrons. The van der Waals surface area contributed by atoms with Crippen molar-refractivity contribution in [3.8, 4) is 0 Å². The largest absolute Gasteiger partial charge is 0.315 e. The van der Waals surface area contributed by atoms with Crippen LogP contribution < -0.4 is 10.0 Å². The normalized spacial score (nSPS) is 11.9. The van der Waals surface area contributed by atoms with Crippen LogP contribution in [0.3, 0.4) is 0 Å². The fourth-order valence-electron chi connectivity index (χ4n) is 1.78. The summed E-state index contributed by atoms with van der Waals surface area (Å²) < 4.78 is 27.2. The van der Waals surface area contributed by atoms with Gasteiger partial charge in [-0.15, -0.1) is 11.3 Å². The monoisotopic (exact) mass is 290 g/mol. The summed E-state index contributed by atoms with van der Waals surface area (Å²) in [5, 5.41) is 4.90. The molecule has 0 aliphatic heterocycles. The molecule has 0 saturated carbocycles. The van der Waals surface area contributed by atoms with Gasteiger partial charge < -0.3 is 5.32 Å². The Morgan fingerprint density at radius 2 is 2.06 bits per heavy atom. The highest BCUT2D eigenvalue weighted by atomic mass is 32.2. The third kappa shape index (κ3) is 4.05. The minimum Gasteiger partial charge on any atom is -0.315 e. The molecule has 1 aromatic rings. The van der Waals surface area contributed by atoms with E-state index in [1.54, 1.807) is 0 Å². The molecule has 1 heterocycles. The van der Waals surface area contributed by atoms with Crippen molar-refractivity contribution in [2.24, 2.45) is 0 Å². The fraction of sp³-hybridized carbons (Fsp3) is 0.667. The van der Waals surface area contributed by atoms with Gasteiger partial charge >= 0.3 is 0 Å². The molecule has 0 amide bonds. The number of sulfonamides is 1. The first-order valence-corrected chi connectivity index (χ1v) is 8.60. The highest BCUT2D eigenvalue weighted by molar-refractivity contribution is 7.89. The third-order valence-corrected chi connectivity index (χ3v) is 5.59. The van der Waals surface area contributed by atoms with E-state index in [2.05, 4.69) is 17.0 Å². The number of rotatable bonds is 8. The van der Waals surface area contributed by atoms with E-state index in [1.807, 2.05) is 19.4 Å². The topological polar surface area (TPSA) is 58.2 Å². The van der Waals surface area contributed by atoms with Gasteiger partial charge in [0.05, 0.1) is 0 Å². The maximum atomic E-state index is 12.2. The van der Waals surface area contributed by atoms with E-state index in [0.29, 0.717) is 18.0 Å². The SMILES string of the molecule is CCCCCNS(=O)(=O)c1c(C)csc1CNC. The molecule has 4 nitrogen and oxygen atoms in total. The standard InChI is InChI=1S/C12H22N2O2S2/c1-4-5-6-7-14-18(15,16)12-10(2)9-17-11(12)8-13-3/h9,13-14H,4-8H2,1-3H3. The Kier molecular flexibility index (Phi) is 6.28. The molecule has 1 rings (SSSR count). The molecular weight excluding hydrogens is 268 g/mol. The van der Waals surface area contributed by atoms with E-state index >= 15 is 0 Å². The Hall–Kier alpha value is -0.430. The lowest BCUT2D eigenvalue weighted by molar-refractivity contribution is 0.574.